The number of rotatable bonds is 9. The highest BCUT2D eigenvalue weighted by atomic mass is 35.5. The molecule has 1 aromatic carbocycles. The highest BCUT2D eigenvalue weighted by Gasteiger charge is 2.18. The van der Waals surface area contributed by atoms with Gasteiger partial charge in [-0.05, 0) is 31.5 Å². The van der Waals surface area contributed by atoms with Crippen LogP contribution in [0.25, 0.3) is 0 Å². The van der Waals surface area contributed by atoms with E-state index in [-0.39, 0.29) is 30.8 Å². The zero-order valence-electron chi connectivity index (χ0n) is 15.8. The maximum atomic E-state index is 11.0. The van der Waals surface area contributed by atoms with E-state index in [1.807, 2.05) is 12.1 Å². The minimum absolute atomic E-state index is 0. The number of anilines is 1. The fourth-order valence-electron chi connectivity index (χ4n) is 3.16. The van der Waals surface area contributed by atoms with Crippen LogP contribution in [0.4, 0.5) is 5.69 Å². The van der Waals surface area contributed by atoms with Crippen molar-refractivity contribution in [2.45, 2.75) is 32.1 Å². The number of methoxy groups -OCH3 is 2. The quantitative estimate of drug-likeness (QED) is 0.460. The summed E-state index contributed by atoms with van der Waals surface area (Å²) >= 11 is 0. The van der Waals surface area contributed by atoms with Crippen molar-refractivity contribution in [3.05, 3.63) is 24.3 Å². The number of unbranched alkanes of at least 4 members (excludes halogenated alkanes) is 3. The van der Waals surface area contributed by atoms with Gasteiger partial charge >= 0.3 is 5.97 Å². The molecule has 26 heavy (non-hydrogen) atoms. The number of carbonyl (C=O) groups excluding carboxylic acids is 1. The third-order valence-electron chi connectivity index (χ3n) is 4.63. The Bertz CT molecular complexity index is 509. The van der Waals surface area contributed by atoms with Gasteiger partial charge < -0.3 is 14.4 Å². The summed E-state index contributed by atoms with van der Waals surface area (Å²) in [5, 5.41) is 0. The lowest BCUT2D eigenvalue weighted by atomic mass is 10.1. The number of hydrogen-bond acceptors (Lipinski definition) is 5. The number of para-hydroxylation sites is 2. The van der Waals surface area contributed by atoms with Crippen LogP contribution in [-0.4, -0.2) is 57.8 Å². The number of halogens is 2. The third kappa shape index (κ3) is 8.02. The van der Waals surface area contributed by atoms with E-state index in [2.05, 4.69) is 26.7 Å². The molecular weight excluding hydrogens is 375 g/mol. The van der Waals surface area contributed by atoms with E-state index in [4.69, 9.17) is 4.74 Å². The second-order valence-electron chi connectivity index (χ2n) is 6.24. The Balaban J connectivity index is 0.00000312. The standard InChI is InChI=1S/C19H30N2O3.2ClH/c1-23-18-10-7-6-9-17(18)21-15-13-20(14-16-21)12-8-4-3-5-11-19(22)24-2;;/h6-7,9-10H,3-5,8,11-16H2,1-2H3;2*1H. The summed E-state index contributed by atoms with van der Waals surface area (Å²) in [6.07, 6.45) is 4.98. The molecule has 0 bridgehead atoms. The second kappa shape index (κ2) is 14.0. The number of piperazine rings is 1. The van der Waals surface area contributed by atoms with Gasteiger partial charge in [-0.1, -0.05) is 25.0 Å². The molecule has 0 amide bonds. The summed E-state index contributed by atoms with van der Waals surface area (Å²) in [6, 6.07) is 8.24. The Morgan fingerprint density at radius 2 is 1.62 bits per heavy atom. The van der Waals surface area contributed by atoms with Gasteiger partial charge in [0.05, 0.1) is 19.9 Å². The van der Waals surface area contributed by atoms with Crippen LogP contribution in [-0.2, 0) is 9.53 Å². The van der Waals surface area contributed by atoms with E-state index in [9.17, 15) is 4.79 Å². The molecule has 7 heteroatoms. The number of carbonyl (C=O) groups is 1. The van der Waals surface area contributed by atoms with Crippen LogP contribution in [0.5, 0.6) is 5.75 Å². The molecule has 0 aromatic heterocycles. The molecule has 2 rings (SSSR count). The second-order valence-corrected chi connectivity index (χ2v) is 6.24. The fraction of sp³-hybridized carbons (Fsp3) is 0.632. The molecule has 0 spiro atoms. The SMILES string of the molecule is COC(=O)CCCCCCN1CCN(c2ccccc2OC)CC1.Cl.Cl. The lowest BCUT2D eigenvalue weighted by Gasteiger charge is -2.36. The van der Waals surface area contributed by atoms with Crippen molar-refractivity contribution >= 4 is 36.5 Å². The minimum atomic E-state index is -0.0949. The number of nitrogens with zero attached hydrogens (tertiary/aromatic N) is 2. The summed E-state index contributed by atoms with van der Waals surface area (Å²) in [7, 11) is 3.18. The van der Waals surface area contributed by atoms with Gasteiger partial charge in [0.2, 0.25) is 0 Å². The van der Waals surface area contributed by atoms with Crippen molar-refractivity contribution in [3.8, 4) is 5.75 Å². The van der Waals surface area contributed by atoms with Crippen molar-refractivity contribution in [1.82, 2.24) is 4.90 Å². The van der Waals surface area contributed by atoms with Crippen molar-refractivity contribution < 1.29 is 14.3 Å². The number of hydrogen-bond donors (Lipinski definition) is 0. The maximum absolute atomic E-state index is 11.0. The van der Waals surface area contributed by atoms with E-state index in [0.717, 1.165) is 51.3 Å². The molecule has 1 fully saturated rings. The van der Waals surface area contributed by atoms with Crippen molar-refractivity contribution in [1.29, 1.82) is 0 Å². The summed E-state index contributed by atoms with van der Waals surface area (Å²) in [4.78, 5) is 16.0. The molecule has 1 aromatic rings. The topological polar surface area (TPSA) is 42.0 Å². The summed E-state index contributed by atoms with van der Waals surface area (Å²) < 4.78 is 10.1. The third-order valence-corrected chi connectivity index (χ3v) is 4.63. The molecule has 0 radical (unpaired) electrons. The monoisotopic (exact) mass is 406 g/mol. The predicted molar refractivity (Wildman–Crippen MR) is 111 cm³/mol. The van der Waals surface area contributed by atoms with Crippen LogP contribution in [0.3, 0.4) is 0 Å². The number of ether oxygens (including phenoxy) is 2. The molecule has 1 aliphatic heterocycles. The van der Waals surface area contributed by atoms with Crippen LogP contribution in [0.15, 0.2) is 24.3 Å². The van der Waals surface area contributed by atoms with E-state index in [1.54, 1.807) is 7.11 Å². The normalized spacial score (nSPS) is 14.2. The molecular formula is C19H32Cl2N2O3. The zero-order chi connectivity index (χ0) is 17.2. The van der Waals surface area contributed by atoms with E-state index >= 15 is 0 Å². The molecule has 1 heterocycles. The van der Waals surface area contributed by atoms with E-state index in [0.29, 0.717) is 6.42 Å². The van der Waals surface area contributed by atoms with Crippen LogP contribution in [0.2, 0.25) is 0 Å². The molecule has 0 unspecified atom stereocenters. The average Bonchev–Trinajstić information content (AvgIpc) is 2.64. The summed E-state index contributed by atoms with van der Waals surface area (Å²) in [6.45, 7) is 5.43. The van der Waals surface area contributed by atoms with E-state index < -0.39 is 0 Å². The van der Waals surface area contributed by atoms with Gasteiger partial charge in [0.25, 0.3) is 0 Å². The van der Waals surface area contributed by atoms with Gasteiger partial charge in [0.1, 0.15) is 5.75 Å². The first-order valence-corrected chi connectivity index (χ1v) is 8.91. The van der Waals surface area contributed by atoms with Gasteiger partial charge in [-0.2, -0.15) is 0 Å². The zero-order valence-corrected chi connectivity index (χ0v) is 17.4. The summed E-state index contributed by atoms with van der Waals surface area (Å²) in [5.74, 6) is 0.860. The van der Waals surface area contributed by atoms with Gasteiger partial charge in [-0.3, -0.25) is 9.69 Å². The first-order valence-electron chi connectivity index (χ1n) is 8.91. The Morgan fingerprint density at radius 3 is 2.27 bits per heavy atom. The van der Waals surface area contributed by atoms with Crippen molar-refractivity contribution in [2.24, 2.45) is 0 Å². The molecule has 150 valence electrons. The Hall–Kier alpha value is -1.17. The lowest BCUT2D eigenvalue weighted by Crippen LogP contribution is -2.46. The molecule has 1 aliphatic rings. The van der Waals surface area contributed by atoms with Crippen LogP contribution in [0.1, 0.15) is 32.1 Å². The van der Waals surface area contributed by atoms with Gasteiger partial charge in [-0.15, -0.1) is 24.8 Å². The Morgan fingerprint density at radius 1 is 0.962 bits per heavy atom. The molecule has 1 saturated heterocycles. The first-order chi connectivity index (χ1) is 11.7. The van der Waals surface area contributed by atoms with Crippen LogP contribution in [0, 0.1) is 0 Å². The minimum Gasteiger partial charge on any atom is -0.495 e. The van der Waals surface area contributed by atoms with Gasteiger partial charge in [0, 0.05) is 32.6 Å². The van der Waals surface area contributed by atoms with Crippen molar-refractivity contribution in [3.63, 3.8) is 0 Å². The van der Waals surface area contributed by atoms with Crippen LogP contribution >= 0.6 is 24.8 Å². The smallest absolute Gasteiger partial charge is 0.305 e. The highest BCUT2D eigenvalue weighted by Crippen LogP contribution is 2.28. The van der Waals surface area contributed by atoms with Gasteiger partial charge in [0.15, 0.2) is 0 Å². The molecule has 0 aliphatic carbocycles. The molecule has 0 saturated carbocycles. The highest BCUT2D eigenvalue weighted by molar-refractivity contribution is 5.85. The number of benzene rings is 1. The molecule has 5 nitrogen and oxygen atoms in total. The van der Waals surface area contributed by atoms with E-state index in [1.165, 1.54) is 25.6 Å². The Kier molecular flexibility index (Phi) is 13.3. The van der Waals surface area contributed by atoms with Gasteiger partial charge in [-0.25, -0.2) is 0 Å². The predicted octanol–water partition coefficient (Wildman–Crippen LogP) is 3.78. The largest absolute Gasteiger partial charge is 0.495 e. The lowest BCUT2D eigenvalue weighted by molar-refractivity contribution is -0.140. The summed E-state index contributed by atoms with van der Waals surface area (Å²) in [5.41, 5.74) is 1.20. The van der Waals surface area contributed by atoms with Crippen LogP contribution < -0.4 is 9.64 Å². The molecule has 0 N–H and O–H groups in total. The number of esters is 1. The Labute approximate surface area is 169 Å². The average molecular weight is 407 g/mol. The molecule has 0 atom stereocenters. The first kappa shape index (κ1) is 24.8. The van der Waals surface area contributed by atoms with Crippen molar-refractivity contribution in [2.75, 3.05) is 51.8 Å². The fourth-order valence-corrected chi connectivity index (χ4v) is 3.16. The maximum Gasteiger partial charge on any atom is 0.305 e.